The van der Waals surface area contributed by atoms with E-state index in [2.05, 4.69) is 27.7 Å². The average molecular weight is 575 g/mol. The molecular formula is C33H50O8. The standard InChI is InChI=1S/C33H50O8/c1-17-8-11-33(37-16-17)18(2)30-28(41-33)13-24-22-12-26(38-19(3)34)25-14-27(39-20(4)35)29(40-21(5)36)15-32(25,7)23(22)9-10-31(24,30)6/h17-18,22-30H,8-16H2,1-7H3/t17-,18-,22+,23-,24-,25?,26+,27-,28-,29+,30-,31-,32+,33+/m0/s1. The van der Waals surface area contributed by atoms with Crippen molar-refractivity contribution in [2.24, 2.45) is 52.3 Å². The fourth-order valence-electron chi connectivity index (χ4n) is 11.3. The zero-order valence-electron chi connectivity index (χ0n) is 26.0. The van der Waals surface area contributed by atoms with Gasteiger partial charge in [-0.1, -0.05) is 27.7 Å². The number of esters is 3. The third-order valence-corrected chi connectivity index (χ3v) is 12.8. The number of rotatable bonds is 3. The molecule has 8 nitrogen and oxygen atoms in total. The van der Waals surface area contributed by atoms with Crippen molar-refractivity contribution >= 4 is 17.9 Å². The molecule has 8 heteroatoms. The number of fused-ring (bicyclic) bond motifs is 7. The van der Waals surface area contributed by atoms with Crippen LogP contribution in [0.4, 0.5) is 0 Å². The molecular weight excluding hydrogens is 524 g/mol. The Kier molecular flexibility index (Phi) is 7.32. The maximum atomic E-state index is 12.4. The highest BCUT2D eigenvalue weighted by atomic mass is 16.7. The van der Waals surface area contributed by atoms with E-state index < -0.39 is 18.0 Å². The molecule has 1 spiro atoms. The van der Waals surface area contributed by atoms with Crippen molar-refractivity contribution < 1.29 is 38.1 Å². The van der Waals surface area contributed by atoms with Crippen LogP contribution in [-0.2, 0) is 38.1 Å². The van der Waals surface area contributed by atoms with Gasteiger partial charge in [-0.25, -0.2) is 0 Å². The highest BCUT2D eigenvalue weighted by Gasteiger charge is 2.70. The first-order valence-corrected chi connectivity index (χ1v) is 16.1. The highest BCUT2D eigenvalue weighted by Crippen LogP contribution is 2.71. The fourth-order valence-corrected chi connectivity index (χ4v) is 11.3. The number of hydrogen-bond donors (Lipinski definition) is 0. The van der Waals surface area contributed by atoms with Gasteiger partial charge in [-0.3, -0.25) is 14.4 Å². The monoisotopic (exact) mass is 574 g/mol. The fraction of sp³-hybridized carbons (Fsp3) is 0.909. The lowest BCUT2D eigenvalue weighted by Crippen LogP contribution is -2.62. The van der Waals surface area contributed by atoms with Crippen LogP contribution >= 0.6 is 0 Å². The van der Waals surface area contributed by atoms with Gasteiger partial charge in [0, 0.05) is 39.0 Å². The summed E-state index contributed by atoms with van der Waals surface area (Å²) in [4.78, 5) is 36.5. The van der Waals surface area contributed by atoms with Gasteiger partial charge in [0.2, 0.25) is 0 Å². The second-order valence-electron chi connectivity index (χ2n) is 15.1. The Morgan fingerprint density at radius 2 is 1.39 bits per heavy atom. The van der Waals surface area contributed by atoms with E-state index in [1.807, 2.05) is 0 Å². The molecule has 0 aromatic heterocycles. The minimum atomic E-state index is -0.535. The maximum absolute atomic E-state index is 12.4. The van der Waals surface area contributed by atoms with Gasteiger partial charge >= 0.3 is 17.9 Å². The van der Waals surface area contributed by atoms with Crippen LogP contribution in [0.1, 0.15) is 99.8 Å². The lowest BCUT2D eigenvalue weighted by atomic mass is 9.43. The van der Waals surface area contributed by atoms with Crippen molar-refractivity contribution in [3.8, 4) is 0 Å². The van der Waals surface area contributed by atoms with Gasteiger partial charge in [0.25, 0.3) is 0 Å². The van der Waals surface area contributed by atoms with Crippen LogP contribution in [0.25, 0.3) is 0 Å². The summed E-state index contributed by atoms with van der Waals surface area (Å²) in [6, 6.07) is 0. The Morgan fingerprint density at radius 1 is 0.732 bits per heavy atom. The first kappa shape index (κ1) is 29.4. The molecule has 41 heavy (non-hydrogen) atoms. The Balaban J connectivity index is 1.31. The van der Waals surface area contributed by atoms with E-state index >= 15 is 0 Å². The number of hydrogen-bond acceptors (Lipinski definition) is 8. The minimum Gasteiger partial charge on any atom is -0.462 e. The first-order valence-electron chi connectivity index (χ1n) is 16.1. The van der Waals surface area contributed by atoms with Crippen LogP contribution < -0.4 is 0 Å². The molecule has 0 bridgehead atoms. The summed E-state index contributed by atoms with van der Waals surface area (Å²) >= 11 is 0. The number of carbonyl (C=O) groups excluding carboxylic acids is 3. The molecule has 0 radical (unpaired) electrons. The van der Waals surface area contributed by atoms with Crippen LogP contribution in [0.2, 0.25) is 0 Å². The van der Waals surface area contributed by atoms with E-state index in [0.29, 0.717) is 48.3 Å². The zero-order chi connectivity index (χ0) is 29.5. The minimum absolute atomic E-state index is 0.0325. The van der Waals surface area contributed by atoms with Gasteiger partial charge < -0.3 is 23.7 Å². The Labute approximate surface area is 244 Å². The Hall–Kier alpha value is -1.67. The third kappa shape index (κ3) is 4.65. The summed E-state index contributed by atoms with van der Waals surface area (Å²) < 4.78 is 31.0. The molecule has 0 amide bonds. The molecule has 6 aliphatic rings. The van der Waals surface area contributed by atoms with Crippen LogP contribution in [0.3, 0.4) is 0 Å². The lowest BCUT2D eigenvalue weighted by molar-refractivity contribution is -0.274. The second-order valence-corrected chi connectivity index (χ2v) is 15.1. The summed E-state index contributed by atoms with van der Waals surface area (Å²) in [5.41, 5.74) is -0.0789. The summed E-state index contributed by atoms with van der Waals surface area (Å²) in [7, 11) is 0. The number of ether oxygens (including phenoxy) is 5. The van der Waals surface area contributed by atoms with Crippen LogP contribution in [0.5, 0.6) is 0 Å². The van der Waals surface area contributed by atoms with Crippen molar-refractivity contribution in [1.29, 1.82) is 0 Å². The molecule has 0 N–H and O–H groups in total. The van der Waals surface area contributed by atoms with Gasteiger partial charge in [-0.15, -0.1) is 0 Å². The van der Waals surface area contributed by atoms with E-state index in [0.717, 1.165) is 45.1 Å². The topological polar surface area (TPSA) is 97.4 Å². The normalized spacial score (nSPS) is 52.0. The predicted molar refractivity (Wildman–Crippen MR) is 149 cm³/mol. The molecule has 2 aliphatic heterocycles. The molecule has 0 aromatic rings. The largest absolute Gasteiger partial charge is 0.462 e. The van der Waals surface area contributed by atoms with E-state index in [1.54, 1.807) is 0 Å². The summed E-state index contributed by atoms with van der Waals surface area (Å²) in [6.45, 7) is 14.5. The van der Waals surface area contributed by atoms with Crippen LogP contribution in [0, 0.1) is 52.3 Å². The smallest absolute Gasteiger partial charge is 0.303 e. The van der Waals surface area contributed by atoms with Gasteiger partial charge in [-0.05, 0) is 85.4 Å². The SMILES string of the molecule is CC(=O)O[C@H]1CC2[C@H](OC(C)=O)C[C@H]3[C@@H]4C[C@@H]5O[C@]6(CC[C@H](C)CO6)[C@@H](C)[C@@H]5[C@@]4(C)CC[C@@H]3[C@@]2(C)C[C@H]1OC(C)=O. The Morgan fingerprint density at radius 3 is 2.02 bits per heavy atom. The van der Waals surface area contributed by atoms with Gasteiger partial charge in [-0.2, -0.15) is 0 Å². The Bertz CT molecular complexity index is 1070. The van der Waals surface area contributed by atoms with Crippen molar-refractivity contribution in [2.75, 3.05) is 6.61 Å². The first-order chi connectivity index (χ1) is 19.3. The maximum Gasteiger partial charge on any atom is 0.303 e. The quantitative estimate of drug-likeness (QED) is 0.324. The molecule has 2 saturated heterocycles. The molecule has 2 heterocycles. The van der Waals surface area contributed by atoms with Gasteiger partial charge in [0.1, 0.15) is 18.3 Å². The molecule has 0 aromatic carbocycles. The lowest BCUT2D eigenvalue weighted by Gasteiger charge is -2.63. The molecule has 4 aliphatic carbocycles. The third-order valence-electron chi connectivity index (χ3n) is 12.8. The zero-order valence-corrected chi connectivity index (χ0v) is 26.0. The summed E-state index contributed by atoms with van der Waals surface area (Å²) in [5.74, 6) is 1.20. The van der Waals surface area contributed by atoms with Crippen molar-refractivity contribution in [3.63, 3.8) is 0 Å². The van der Waals surface area contributed by atoms with Crippen molar-refractivity contribution in [2.45, 2.75) is 130 Å². The van der Waals surface area contributed by atoms with Crippen LogP contribution in [-0.4, -0.2) is 54.7 Å². The van der Waals surface area contributed by atoms with Gasteiger partial charge in [0.15, 0.2) is 5.79 Å². The molecule has 14 atom stereocenters. The van der Waals surface area contributed by atoms with E-state index in [-0.39, 0.29) is 46.9 Å². The van der Waals surface area contributed by atoms with Crippen molar-refractivity contribution in [3.05, 3.63) is 0 Å². The highest BCUT2D eigenvalue weighted by molar-refractivity contribution is 5.67. The summed E-state index contributed by atoms with van der Waals surface area (Å²) in [6.07, 6.45) is 6.22. The molecule has 1 unspecified atom stereocenters. The van der Waals surface area contributed by atoms with E-state index in [4.69, 9.17) is 23.7 Å². The second kappa shape index (κ2) is 10.2. The van der Waals surface area contributed by atoms with E-state index in [1.165, 1.54) is 20.8 Å². The molecule has 230 valence electrons. The van der Waals surface area contributed by atoms with Crippen molar-refractivity contribution in [1.82, 2.24) is 0 Å². The molecule has 6 rings (SSSR count). The summed E-state index contributed by atoms with van der Waals surface area (Å²) in [5, 5.41) is 0. The number of carbonyl (C=O) groups is 3. The molecule has 4 saturated carbocycles. The average Bonchev–Trinajstić information content (AvgIpc) is 3.31. The van der Waals surface area contributed by atoms with E-state index in [9.17, 15) is 14.4 Å². The van der Waals surface area contributed by atoms with Gasteiger partial charge in [0.05, 0.1) is 12.7 Å². The molecule has 6 fully saturated rings. The van der Waals surface area contributed by atoms with Crippen LogP contribution in [0.15, 0.2) is 0 Å². The predicted octanol–water partition coefficient (Wildman–Crippen LogP) is 5.45.